The van der Waals surface area contributed by atoms with Gasteiger partial charge in [0.1, 0.15) is 5.75 Å². The van der Waals surface area contributed by atoms with Gasteiger partial charge in [0, 0.05) is 23.3 Å². The van der Waals surface area contributed by atoms with Crippen LogP contribution in [0, 0.1) is 10.1 Å². The number of nitro groups is 1. The minimum Gasteiger partial charge on any atom is -0.496 e. The lowest BCUT2D eigenvalue weighted by molar-refractivity contribution is -0.385. The maximum absolute atomic E-state index is 12.0. The van der Waals surface area contributed by atoms with Crippen LogP contribution < -0.4 is 19.6 Å². The Hall–Kier alpha value is -3.62. The van der Waals surface area contributed by atoms with E-state index in [4.69, 9.17) is 14.2 Å². The normalized spacial score (nSPS) is 10.5. The molecule has 1 amide bonds. The molecule has 0 bridgehead atoms. The van der Waals surface area contributed by atoms with Crippen molar-refractivity contribution in [3.63, 3.8) is 0 Å². The molecule has 0 saturated heterocycles. The van der Waals surface area contributed by atoms with Gasteiger partial charge in [-0.15, -0.1) is 0 Å². The average Bonchev–Trinajstić information content (AvgIpc) is 2.67. The van der Waals surface area contributed by atoms with Crippen molar-refractivity contribution in [2.45, 2.75) is 6.42 Å². The van der Waals surface area contributed by atoms with Gasteiger partial charge < -0.3 is 14.2 Å². The third kappa shape index (κ3) is 4.94. The fourth-order valence-corrected chi connectivity index (χ4v) is 2.38. The molecule has 142 valence electrons. The quantitative estimate of drug-likeness (QED) is 0.432. The Morgan fingerprint density at radius 1 is 1.11 bits per heavy atom. The Labute approximate surface area is 155 Å². The summed E-state index contributed by atoms with van der Waals surface area (Å²) in [6.45, 7) is 0. The average molecular weight is 373 g/mol. The van der Waals surface area contributed by atoms with E-state index in [-0.39, 0.29) is 12.1 Å². The molecule has 0 radical (unpaired) electrons. The van der Waals surface area contributed by atoms with Crippen molar-refractivity contribution in [3.05, 3.63) is 57.6 Å². The molecule has 2 rings (SSSR count). The van der Waals surface area contributed by atoms with Gasteiger partial charge in [-0.05, 0) is 6.07 Å². The van der Waals surface area contributed by atoms with Gasteiger partial charge in [-0.1, -0.05) is 18.2 Å². The van der Waals surface area contributed by atoms with E-state index < -0.39 is 10.8 Å². The van der Waals surface area contributed by atoms with Gasteiger partial charge in [0.25, 0.3) is 5.69 Å². The van der Waals surface area contributed by atoms with Crippen molar-refractivity contribution in [1.29, 1.82) is 0 Å². The van der Waals surface area contributed by atoms with Gasteiger partial charge in [0.2, 0.25) is 5.91 Å². The number of benzene rings is 2. The van der Waals surface area contributed by atoms with Crippen molar-refractivity contribution in [2.24, 2.45) is 5.10 Å². The summed E-state index contributed by atoms with van der Waals surface area (Å²) in [6.07, 6.45) is 1.22. The number of ether oxygens (including phenoxy) is 3. The molecule has 1 N–H and O–H groups in total. The van der Waals surface area contributed by atoms with Gasteiger partial charge in [0.15, 0.2) is 11.5 Å². The van der Waals surface area contributed by atoms with E-state index in [1.807, 2.05) is 0 Å². The molecule has 0 aromatic heterocycles. The van der Waals surface area contributed by atoms with Crippen LogP contribution in [-0.2, 0) is 11.2 Å². The molecule has 0 unspecified atom stereocenters. The summed E-state index contributed by atoms with van der Waals surface area (Å²) >= 11 is 0. The van der Waals surface area contributed by atoms with E-state index >= 15 is 0 Å². The van der Waals surface area contributed by atoms with E-state index in [0.717, 1.165) is 0 Å². The topological polar surface area (TPSA) is 112 Å². The second kappa shape index (κ2) is 9.18. The van der Waals surface area contributed by atoms with Crippen LogP contribution in [0.4, 0.5) is 5.69 Å². The number of rotatable bonds is 8. The van der Waals surface area contributed by atoms with E-state index in [1.165, 1.54) is 39.7 Å². The largest absolute Gasteiger partial charge is 0.496 e. The molecule has 2 aromatic rings. The minimum absolute atomic E-state index is 0.113. The first-order chi connectivity index (χ1) is 13.0. The molecule has 0 atom stereocenters. The molecule has 0 spiro atoms. The van der Waals surface area contributed by atoms with Crippen molar-refractivity contribution in [3.8, 4) is 17.2 Å². The number of hydrogen-bond acceptors (Lipinski definition) is 7. The molecule has 2 aromatic carbocycles. The lowest BCUT2D eigenvalue weighted by Gasteiger charge is -2.11. The molecule has 9 nitrogen and oxygen atoms in total. The lowest BCUT2D eigenvalue weighted by atomic mass is 10.1. The number of nitro benzene ring substituents is 1. The van der Waals surface area contributed by atoms with E-state index in [0.29, 0.717) is 28.4 Å². The van der Waals surface area contributed by atoms with Crippen LogP contribution in [0.5, 0.6) is 17.2 Å². The van der Waals surface area contributed by atoms with Gasteiger partial charge in [-0.3, -0.25) is 14.9 Å². The zero-order chi connectivity index (χ0) is 19.8. The fraction of sp³-hybridized carbons (Fsp3) is 0.222. The van der Waals surface area contributed by atoms with E-state index in [9.17, 15) is 14.9 Å². The summed E-state index contributed by atoms with van der Waals surface area (Å²) in [5, 5.41) is 14.9. The number of carbonyl (C=O) groups excluding carboxylic acids is 1. The van der Waals surface area contributed by atoms with Crippen molar-refractivity contribution < 1.29 is 23.9 Å². The maximum Gasteiger partial charge on any atom is 0.273 e. The smallest absolute Gasteiger partial charge is 0.273 e. The van der Waals surface area contributed by atoms with Crippen molar-refractivity contribution in [2.75, 3.05) is 21.3 Å². The van der Waals surface area contributed by atoms with Crippen LogP contribution in [0.2, 0.25) is 0 Å². The number of hydrogen-bond donors (Lipinski definition) is 1. The standard InChI is InChI=1S/C18H19N3O6/c1-25-15-10-17(27-3)16(26-2)8-13(15)11-19-20-18(22)9-12-6-4-5-7-14(12)21(23)24/h4-8,10-11H,9H2,1-3H3,(H,20,22)/b19-11+. The predicted molar refractivity (Wildman–Crippen MR) is 98.6 cm³/mol. The highest BCUT2D eigenvalue weighted by Crippen LogP contribution is 2.33. The van der Waals surface area contributed by atoms with Gasteiger partial charge in [-0.25, -0.2) is 5.43 Å². The third-order valence-corrected chi connectivity index (χ3v) is 3.67. The number of amides is 1. The van der Waals surface area contributed by atoms with Crippen LogP contribution in [0.15, 0.2) is 41.5 Å². The molecule has 0 heterocycles. The zero-order valence-corrected chi connectivity index (χ0v) is 15.1. The first-order valence-corrected chi connectivity index (χ1v) is 7.84. The summed E-state index contributed by atoms with van der Waals surface area (Å²) in [6, 6.07) is 9.33. The number of para-hydroxylation sites is 1. The van der Waals surface area contributed by atoms with Gasteiger partial charge in [0.05, 0.1) is 38.9 Å². The second-order valence-corrected chi connectivity index (χ2v) is 5.30. The summed E-state index contributed by atoms with van der Waals surface area (Å²) < 4.78 is 15.7. The first-order valence-electron chi connectivity index (χ1n) is 7.84. The minimum atomic E-state index is -0.527. The lowest BCUT2D eigenvalue weighted by Crippen LogP contribution is -2.20. The molecule has 0 fully saturated rings. The highest BCUT2D eigenvalue weighted by atomic mass is 16.6. The second-order valence-electron chi connectivity index (χ2n) is 5.30. The van der Waals surface area contributed by atoms with Crippen LogP contribution in [0.25, 0.3) is 0 Å². The molecule has 0 aliphatic heterocycles. The molecule has 0 aliphatic rings. The monoisotopic (exact) mass is 373 g/mol. The summed E-state index contributed by atoms with van der Waals surface area (Å²) in [5.41, 5.74) is 3.09. The molecular weight excluding hydrogens is 354 g/mol. The van der Waals surface area contributed by atoms with Gasteiger partial charge >= 0.3 is 0 Å². The highest BCUT2D eigenvalue weighted by Gasteiger charge is 2.15. The van der Waals surface area contributed by atoms with Crippen LogP contribution in [0.3, 0.4) is 0 Å². The molecular formula is C18H19N3O6. The summed E-state index contributed by atoms with van der Waals surface area (Å²) in [7, 11) is 4.50. The van der Waals surface area contributed by atoms with E-state index in [2.05, 4.69) is 10.5 Å². The molecule has 0 aliphatic carbocycles. The highest BCUT2D eigenvalue weighted by molar-refractivity contribution is 5.87. The van der Waals surface area contributed by atoms with Crippen LogP contribution >= 0.6 is 0 Å². The number of hydrazone groups is 1. The summed E-state index contributed by atoms with van der Waals surface area (Å²) in [4.78, 5) is 22.5. The molecule has 0 saturated carbocycles. The van der Waals surface area contributed by atoms with Crippen molar-refractivity contribution in [1.82, 2.24) is 5.43 Å². The summed E-state index contributed by atoms with van der Waals surface area (Å²) in [5.74, 6) is 0.960. The fourth-order valence-electron chi connectivity index (χ4n) is 2.38. The van der Waals surface area contributed by atoms with Crippen LogP contribution in [-0.4, -0.2) is 38.4 Å². The number of methoxy groups -OCH3 is 3. The Morgan fingerprint density at radius 3 is 2.37 bits per heavy atom. The Bertz CT molecular complexity index is 866. The Kier molecular flexibility index (Phi) is 6.70. The first kappa shape index (κ1) is 19.7. The number of carbonyl (C=O) groups is 1. The van der Waals surface area contributed by atoms with E-state index in [1.54, 1.807) is 24.3 Å². The Balaban J connectivity index is 2.11. The number of nitrogens with one attached hydrogen (secondary N) is 1. The van der Waals surface area contributed by atoms with Crippen LogP contribution in [0.1, 0.15) is 11.1 Å². The Morgan fingerprint density at radius 2 is 1.74 bits per heavy atom. The molecule has 9 heteroatoms. The van der Waals surface area contributed by atoms with Gasteiger partial charge in [-0.2, -0.15) is 5.10 Å². The SMILES string of the molecule is COc1cc(OC)c(OC)cc1/C=N/NC(=O)Cc1ccccc1[N+](=O)[O-]. The van der Waals surface area contributed by atoms with Crippen molar-refractivity contribution >= 4 is 17.8 Å². The maximum atomic E-state index is 12.0. The predicted octanol–water partition coefficient (Wildman–Crippen LogP) is 2.31. The zero-order valence-electron chi connectivity index (χ0n) is 15.1. The number of nitrogens with zero attached hydrogens (tertiary/aromatic N) is 2. The third-order valence-electron chi connectivity index (χ3n) is 3.67. The molecule has 27 heavy (non-hydrogen) atoms.